The second-order valence-electron chi connectivity index (χ2n) is 6.47. The van der Waals surface area contributed by atoms with Crippen molar-refractivity contribution in [1.82, 2.24) is 15.1 Å². The van der Waals surface area contributed by atoms with E-state index >= 15 is 0 Å². The lowest BCUT2D eigenvalue weighted by molar-refractivity contribution is 0.224. The fraction of sp³-hybridized carbons (Fsp3) is 0.944. The lowest BCUT2D eigenvalue weighted by atomic mass is 10.1. The van der Waals surface area contributed by atoms with Crippen LogP contribution < -0.4 is 5.32 Å². The van der Waals surface area contributed by atoms with Crippen molar-refractivity contribution in [3.63, 3.8) is 0 Å². The van der Waals surface area contributed by atoms with E-state index in [0.29, 0.717) is 0 Å². The highest BCUT2D eigenvalue weighted by atomic mass is 127. The van der Waals surface area contributed by atoms with E-state index in [1.165, 1.54) is 71.0 Å². The van der Waals surface area contributed by atoms with Crippen molar-refractivity contribution in [2.75, 3.05) is 46.3 Å². The summed E-state index contributed by atoms with van der Waals surface area (Å²) < 4.78 is 0. The molecule has 1 rings (SSSR count). The van der Waals surface area contributed by atoms with Crippen LogP contribution in [0.3, 0.4) is 0 Å². The molecule has 0 spiro atoms. The van der Waals surface area contributed by atoms with Crippen molar-refractivity contribution in [3.8, 4) is 0 Å². The van der Waals surface area contributed by atoms with Gasteiger partial charge in [-0.1, -0.05) is 26.2 Å². The second-order valence-corrected chi connectivity index (χ2v) is 6.47. The average Bonchev–Trinajstić information content (AvgIpc) is 2.55. The van der Waals surface area contributed by atoms with E-state index in [4.69, 9.17) is 4.99 Å². The molecule has 0 aromatic rings. The number of rotatable bonds is 10. The van der Waals surface area contributed by atoms with Crippen molar-refractivity contribution in [1.29, 1.82) is 0 Å². The Hall–Kier alpha value is -0.0400. The van der Waals surface area contributed by atoms with E-state index in [1.54, 1.807) is 0 Å². The summed E-state index contributed by atoms with van der Waals surface area (Å²) in [7, 11) is 2.15. The number of hydrogen-bond acceptors (Lipinski definition) is 2. The van der Waals surface area contributed by atoms with Crippen LogP contribution in [0.25, 0.3) is 0 Å². The van der Waals surface area contributed by atoms with E-state index < -0.39 is 0 Å². The Morgan fingerprint density at radius 2 is 1.78 bits per heavy atom. The lowest BCUT2D eigenvalue weighted by Gasteiger charge is -2.26. The van der Waals surface area contributed by atoms with Gasteiger partial charge in [0.2, 0.25) is 0 Å². The fourth-order valence-electron chi connectivity index (χ4n) is 2.96. The van der Waals surface area contributed by atoms with Gasteiger partial charge in [-0.15, -0.1) is 24.0 Å². The molecule has 0 atom stereocenters. The molecular weight excluding hydrogens is 399 g/mol. The highest BCUT2D eigenvalue weighted by Crippen LogP contribution is 2.09. The molecule has 0 unspecified atom stereocenters. The first kappa shape index (κ1) is 23.0. The third-order valence-electron chi connectivity index (χ3n) is 4.39. The molecule has 23 heavy (non-hydrogen) atoms. The SMILES string of the molecule is CCCCN(C)C(=NCCCCCN1CCCCC1)NCC.I. The van der Waals surface area contributed by atoms with Crippen molar-refractivity contribution < 1.29 is 0 Å². The molecule has 0 aromatic carbocycles. The van der Waals surface area contributed by atoms with Gasteiger partial charge in [0.25, 0.3) is 0 Å². The standard InChI is InChI=1S/C18H38N4.HI/c1-4-6-14-21(3)18(19-5-2)20-13-9-7-10-15-22-16-11-8-12-17-22;/h4-17H2,1-3H3,(H,19,20);1H. The summed E-state index contributed by atoms with van der Waals surface area (Å²) in [6, 6.07) is 0. The van der Waals surface area contributed by atoms with Gasteiger partial charge in [0.15, 0.2) is 5.96 Å². The van der Waals surface area contributed by atoms with Gasteiger partial charge in [-0.3, -0.25) is 4.99 Å². The minimum atomic E-state index is 0. The molecule has 5 heteroatoms. The zero-order chi connectivity index (χ0) is 16.0. The Morgan fingerprint density at radius 1 is 1.04 bits per heavy atom. The van der Waals surface area contributed by atoms with Crippen LogP contribution in [0.2, 0.25) is 0 Å². The quantitative estimate of drug-likeness (QED) is 0.243. The number of nitrogens with zero attached hydrogens (tertiary/aromatic N) is 3. The third-order valence-corrected chi connectivity index (χ3v) is 4.39. The Kier molecular flexibility index (Phi) is 15.5. The molecule has 0 aliphatic carbocycles. The largest absolute Gasteiger partial charge is 0.357 e. The summed E-state index contributed by atoms with van der Waals surface area (Å²) in [6.45, 7) is 11.3. The Balaban J connectivity index is 0.00000484. The maximum atomic E-state index is 4.77. The summed E-state index contributed by atoms with van der Waals surface area (Å²) >= 11 is 0. The van der Waals surface area contributed by atoms with E-state index in [-0.39, 0.29) is 24.0 Å². The number of likely N-dealkylation sites (tertiary alicyclic amines) is 1. The van der Waals surface area contributed by atoms with E-state index in [1.807, 2.05) is 0 Å². The minimum Gasteiger partial charge on any atom is -0.357 e. The maximum Gasteiger partial charge on any atom is 0.193 e. The van der Waals surface area contributed by atoms with Crippen LogP contribution in [0.1, 0.15) is 65.2 Å². The minimum absolute atomic E-state index is 0. The predicted molar refractivity (Wildman–Crippen MR) is 113 cm³/mol. The number of hydrogen-bond donors (Lipinski definition) is 1. The lowest BCUT2D eigenvalue weighted by Crippen LogP contribution is -2.39. The summed E-state index contributed by atoms with van der Waals surface area (Å²) in [5.41, 5.74) is 0. The molecule has 0 bridgehead atoms. The Labute approximate surface area is 161 Å². The molecule has 4 nitrogen and oxygen atoms in total. The van der Waals surface area contributed by atoms with Gasteiger partial charge in [0.05, 0.1) is 0 Å². The zero-order valence-corrected chi connectivity index (χ0v) is 18.0. The molecule has 0 amide bonds. The first-order valence-electron chi connectivity index (χ1n) is 9.49. The summed E-state index contributed by atoms with van der Waals surface area (Å²) in [5.74, 6) is 1.08. The zero-order valence-electron chi connectivity index (χ0n) is 15.6. The number of nitrogens with one attached hydrogen (secondary N) is 1. The van der Waals surface area contributed by atoms with E-state index in [0.717, 1.165) is 25.6 Å². The molecule has 1 heterocycles. The molecule has 1 fully saturated rings. The van der Waals surface area contributed by atoms with Crippen molar-refractivity contribution in [2.45, 2.75) is 65.2 Å². The van der Waals surface area contributed by atoms with E-state index in [2.05, 4.69) is 36.0 Å². The van der Waals surface area contributed by atoms with Crippen molar-refractivity contribution in [2.24, 2.45) is 4.99 Å². The van der Waals surface area contributed by atoms with Crippen LogP contribution in [0.15, 0.2) is 4.99 Å². The van der Waals surface area contributed by atoms with Gasteiger partial charge in [-0.25, -0.2) is 0 Å². The van der Waals surface area contributed by atoms with Crippen molar-refractivity contribution in [3.05, 3.63) is 0 Å². The molecule has 0 saturated carbocycles. The first-order valence-corrected chi connectivity index (χ1v) is 9.49. The monoisotopic (exact) mass is 438 g/mol. The van der Waals surface area contributed by atoms with E-state index in [9.17, 15) is 0 Å². The molecule has 0 aromatic heterocycles. The molecule has 1 aliphatic rings. The van der Waals surface area contributed by atoms with Gasteiger partial charge in [0.1, 0.15) is 0 Å². The van der Waals surface area contributed by atoms with Gasteiger partial charge >= 0.3 is 0 Å². The topological polar surface area (TPSA) is 30.9 Å². The molecule has 0 radical (unpaired) electrons. The summed E-state index contributed by atoms with van der Waals surface area (Å²) in [5, 5.41) is 3.40. The molecule has 138 valence electrons. The normalized spacial score (nSPS) is 16.0. The highest BCUT2D eigenvalue weighted by molar-refractivity contribution is 14.0. The van der Waals surface area contributed by atoms with Crippen LogP contribution in [0.4, 0.5) is 0 Å². The average molecular weight is 438 g/mol. The predicted octanol–water partition coefficient (Wildman–Crippen LogP) is 3.96. The highest BCUT2D eigenvalue weighted by Gasteiger charge is 2.08. The van der Waals surface area contributed by atoms with Crippen LogP contribution in [0.5, 0.6) is 0 Å². The van der Waals surface area contributed by atoms with Gasteiger partial charge in [0, 0.05) is 26.7 Å². The van der Waals surface area contributed by atoms with Crippen LogP contribution in [-0.4, -0.2) is 62.1 Å². The molecular formula is C18H39IN4. The van der Waals surface area contributed by atoms with Crippen LogP contribution >= 0.6 is 24.0 Å². The number of guanidine groups is 1. The number of unbranched alkanes of at least 4 members (excludes halogenated alkanes) is 3. The number of piperidine rings is 1. The molecule has 1 saturated heterocycles. The Morgan fingerprint density at radius 3 is 2.43 bits per heavy atom. The van der Waals surface area contributed by atoms with Gasteiger partial charge < -0.3 is 15.1 Å². The van der Waals surface area contributed by atoms with Crippen LogP contribution in [0, 0.1) is 0 Å². The fourth-order valence-corrected chi connectivity index (χ4v) is 2.96. The van der Waals surface area contributed by atoms with Gasteiger partial charge in [-0.2, -0.15) is 0 Å². The van der Waals surface area contributed by atoms with Crippen molar-refractivity contribution >= 4 is 29.9 Å². The van der Waals surface area contributed by atoms with Crippen LogP contribution in [-0.2, 0) is 0 Å². The second kappa shape index (κ2) is 15.5. The molecule has 1 aliphatic heterocycles. The number of halogens is 1. The first-order chi connectivity index (χ1) is 10.8. The molecule has 1 N–H and O–H groups in total. The smallest absolute Gasteiger partial charge is 0.193 e. The summed E-state index contributed by atoms with van der Waals surface area (Å²) in [4.78, 5) is 9.67. The number of aliphatic imine (C=N–C) groups is 1. The third kappa shape index (κ3) is 11.2. The Bertz CT molecular complexity index is 291. The summed E-state index contributed by atoms with van der Waals surface area (Å²) in [6.07, 6.45) is 10.6. The maximum absolute atomic E-state index is 4.77. The van der Waals surface area contributed by atoms with Gasteiger partial charge in [-0.05, 0) is 58.7 Å².